The Morgan fingerprint density at radius 3 is 2.00 bits per heavy atom. The van der Waals surface area contributed by atoms with E-state index in [0.29, 0.717) is 0 Å². The Kier molecular flexibility index (Phi) is 2.23. The zero-order valence-corrected chi connectivity index (χ0v) is 11.2. The molecule has 4 bridgehead atoms. The molecule has 0 aromatic carbocycles. The van der Waals surface area contributed by atoms with Gasteiger partial charge in [0.15, 0.2) is 0 Å². The summed E-state index contributed by atoms with van der Waals surface area (Å²) in [6.07, 6.45) is 11.9. The predicted octanol–water partition coefficient (Wildman–Crippen LogP) is 3.58. The van der Waals surface area contributed by atoms with Gasteiger partial charge in [-0.3, -0.25) is 0 Å². The van der Waals surface area contributed by atoms with Crippen LogP contribution in [0.4, 0.5) is 0 Å². The van der Waals surface area contributed by atoms with Crippen molar-refractivity contribution in [1.29, 1.82) is 0 Å². The van der Waals surface area contributed by atoms with Crippen molar-refractivity contribution in [3.63, 3.8) is 0 Å². The highest BCUT2D eigenvalue weighted by atomic mass is 14.8. The van der Waals surface area contributed by atoms with Crippen molar-refractivity contribution in [2.75, 3.05) is 0 Å². The molecule has 0 heterocycles. The lowest BCUT2D eigenvalue weighted by molar-refractivity contribution is -0.0464. The SMILES string of the molecule is CC(CC1C2CC3CC(C2)CC1C3)C1(N)CC1. The normalized spacial score (nSPS) is 51.5. The molecule has 1 heteroatoms. The first-order valence-corrected chi connectivity index (χ1v) is 7.93. The number of hydrogen-bond acceptors (Lipinski definition) is 1. The van der Waals surface area contributed by atoms with Crippen molar-refractivity contribution in [2.45, 2.75) is 63.8 Å². The number of nitrogens with two attached hydrogens (primary N) is 1. The van der Waals surface area contributed by atoms with Crippen LogP contribution >= 0.6 is 0 Å². The van der Waals surface area contributed by atoms with E-state index in [0.717, 1.165) is 35.5 Å². The van der Waals surface area contributed by atoms with Crippen LogP contribution in [0.2, 0.25) is 0 Å². The molecule has 0 spiro atoms. The van der Waals surface area contributed by atoms with Gasteiger partial charge in [-0.25, -0.2) is 0 Å². The second-order valence-corrected chi connectivity index (χ2v) is 7.96. The molecule has 1 unspecified atom stereocenters. The summed E-state index contributed by atoms with van der Waals surface area (Å²) in [5.41, 5.74) is 6.65. The molecule has 0 aromatic rings. The third kappa shape index (κ3) is 1.69. The van der Waals surface area contributed by atoms with Gasteiger partial charge < -0.3 is 5.73 Å². The summed E-state index contributed by atoms with van der Waals surface area (Å²) in [5.74, 6) is 6.27. The molecular weight excluding hydrogens is 206 g/mol. The minimum Gasteiger partial charge on any atom is -0.325 e. The fourth-order valence-electron chi connectivity index (χ4n) is 5.70. The van der Waals surface area contributed by atoms with Crippen molar-refractivity contribution in [2.24, 2.45) is 41.2 Å². The van der Waals surface area contributed by atoms with Crippen LogP contribution in [0.25, 0.3) is 0 Å². The Balaban J connectivity index is 1.47. The van der Waals surface area contributed by atoms with Gasteiger partial charge in [0.25, 0.3) is 0 Å². The maximum absolute atomic E-state index is 6.39. The Morgan fingerprint density at radius 1 is 1.00 bits per heavy atom. The first kappa shape index (κ1) is 10.8. The van der Waals surface area contributed by atoms with E-state index in [1.807, 2.05) is 0 Å². The zero-order valence-electron chi connectivity index (χ0n) is 11.2. The third-order valence-corrected chi connectivity index (χ3v) is 6.86. The molecule has 5 aliphatic carbocycles. The van der Waals surface area contributed by atoms with E-state index >= 15 is 0 Å². The molecule has 0 aromatic heterocycles. The van der Waals surface area contributed by atoms with Crippen molar-refractivity contribution < 1.29 is 0 Å². The third-order valence-electron chi connectivity index (χ3n) is 6.86. The lowest BCUT2D eigenvalue weighted by Gasteiger charge is -2.55. The largest absolute Gasteiger partial charge is 0.325 e. The minimum atomic E-state index is 0.259. The van der Waals surface area contributed by atoms with Crippen molar-refractivity contribution in [3.05, 3.63) is 0 Å². The molecule has 96 valence electrons. The van der Waals surface area contributed by atoms with Crippen molar-refractivity contribution in [1.82, 2.24) is 0 Å². The van der Waals surface area contributed by atoms with Gasteiger partial charge in [0, 0.05) is 5.54 Å². The molecule has 2 N–H and O–H groups in total. The summed E-state index contributed by atoms with van der Waals surface area (Å²) in [7, 11) is 0. The van der Waals surface area contributed by atoms with E-state index in [9.17, 15) is 0 Å². The van der Waals surface area contributed by atoms with E-state index < -0.39 is 0 Å². The average molecular weight is 233 g/mol. The minimum absolute atomic E-state index is 0.259. The molecule has 5 saturated carbocycles. The molecule has 1 nitrogen and oxygen atoms in total. The summed E-state index contributed by atoms with van der Waals surface area (Å²) < 4.78 is 0. The van der Waals surface area contributed by atoms with Crippen LogP contribution in [0.15, 0.2) is 0 Å². The van der Waals surface area contributed by atoms with Gasteiger partial charge in [-0.1, -0.05) is 6.92 Å². The zero-order chi connectivity index (χ0) is 11.6. The van der Waals surface area contributed by atoms with Gasteiger partial charge in [0.2, 0.25) is 0 Å². The Labute approximate surface area is 106 Å². The molecule has 5 fully saturated rings. The maximum Gasteiger partial charge on any atom is 0.0181 e. The highest BCUT2D eigenvalue weighted by Gasteiger charge is 2.51. The quantitative estimate of drug-likeness (QED) is 0.792. The summed E-state index contributed by atoms with van der Waals surface area (Å²) in [6, 6.07) is 0. The Morgan fingerprint density at radius 2 is 1.53 bits per heavy atom. The van der Waals surface area contributed by atoms with Crippen LogP contribution in [0.3, 0.4) is 0 Å². The lowest BCUT2D eigenvalue weighted by Crippen LogP contribution is -2.46. The molecule has 0 radical (unpaired) electrons. The Bertz CT molecular complexity index is 289. The standard InChI is InChI=1S/C16H27N/c1-10(16(17)2-3-16)4-15-13-6-11-5-12(8-13)9-14(15)7-11/h10-15H,2-9,17H2,1H3. The van der Waals surface area contributed by atoms with E-state index in [4.69, 9.17) is 5.73 Å². The summed E-state index contributed by atoms with van der Waals surface area (Å²) in [6.45, 7) is 2.43. The fourth-order valence-corrected chi connectivity index (χ4v) is 5.70. The van der Waals surface area contributed by atoms with Crippen molar-refractivity contribution in [3.8, 4) is 0 Å². The predicted molar refractivity (Wildman–Crippen MR) is 70.5 cm³/mol. The number of rotatable bonds is 3. The second kappa shape index (κ2) is 3.50. The van der Waals surface area contributed by atoms with Crippen LogP contribution < -0.4 is 5.73 Å². The van der Waals surface area contributed by atoms with Gasteiger partial charge in [-0.2, -0.15) is 0 Å². The monoisotopic (exact) mass is 233 g/mol. The molecule has 1 atom stereocenters. The van der Waals surface area contributed by atoms with Gasteiger partial charge in [0.1, 0.15) is 0 Å². The molecule has 5 rings (SSSR count). The number of hydrogen-bond donors (Lipinski definition) is 1. The van der Waals surface area contributed by atoms with Crippen LogP contribution in [0, 0.1) is 35.5 Å². The molecule has 17 heavy (non-hydrogen) atoms. The molecule has 0 saturated heterocycles. The lowest BCUT2D eigenvalue weighted by atomic mass is 9.50. The van der Waals surface area contributed by atoms with Crippen LogP contribution in [0.1, 0.15) is 58.3 Å². The highest BCUT2D eigenvalue weighted by Crippen LogP contribution is 2.58. The molecule has 0 aliphatic heterocycles. The van der Waals surface area contributed by atoms with Gasteiger partial charge in [-0.15, -0.1) is 0 Å². The topological polar surface area (TPSA) is 26.0 Å². The van der Waals surface area contributed by atoms with Crippen LogP contribution in [-0.4, -0.2) is 5.54 Å². The van der Waals surface area contributed by atoms with Gasteiger partial charge in [0.05, 0.1) is 0 Å². The Hall–Kier alpha value is -0.0400. The van der Waals surface area contributed by atoms with E-state index in [2.05, 4.69) is 6.92 Å². The van der Waals surface area contributed by atoms with Crippen LogP contribution in [-0.2, 0) is 0 Å². The first-order valence-electron chi connectivity index (χ1n) is 7.93. The molecular formula is C16H27N. The summed E-state index contributed by atoms with van der Waals surface area (Å²) in [5, 5.41) is 0. The summed E-state index contributed by atoms with van der Waals surface area (Å²) >= 11 is 0. The van der Waals surface area contributed by atoms with Crippen molar-refractivity contribution >= 4 is 0 Å². The smallest absolute Gasteiger partial charge is 0.0181 e. The average Bonchev–Trinajstić information content (AvgIpc) is 3.02. The maximum atomic E-state index is 6.39. The van der Waals surface area contributed by atoms with E-state index in [1.54, 1.807) is 32.1 Å². The first-order chi connectivity index (χ1) is 8.14. The van der Waals surface area contributed by atoms with E-state index in [1.165, 1.54) is 19.3 Å². The van der Waals surface area contributed by atoms with Crippen LogP contribution in [0.5, 0.6) is 0 Å². The fraction of sp³-hybridized carbons (Fsp3) is 1.00. The molecule has 0 amide bonds. The van der Waals surface area contributed by atoms with E-state index in [-0.39, 0.29) is 5.54 Å². The molecule has 5 aliphatic rings. The second-order valence-electron chi connectivity index (χ2n) is 7.96. The van der Waals surface area contributed by atoms with Gasteiger partial charge >= 0.3 is 0 Å². The highest BCUT2D eigenvalue weighted by molar-refractivity contribution is 5.05. The summed E-state index contributed by atoms with van der Waals surface area (Å²) in [4.78, 5) is 0. The van der Waals surface area contributed by atoms with Gasteiger partial charge in [-0.05, 0) is 86.9 Å².